The van der Waals surface area contributed by atoms with Crippen molar-refractivity contribution in [3.8, 4) is 0 Å². The molecule has 0 radical (unpaired) electrons. The Morgan fingerprint density at radius 3 is 1.53 bits per heavy atom. The fraction of sp³-hybridized carbons (Fsp3) is 0.818. The van der Waals surface area contributed by atoms with E-state index in [-0.39, 0.29) is 17.1 Å². The Morgan fingerprint density at radius 1 is 0.933 bits per heavy atom. The third-order valence-corrected chi connectivity index (χ3v) is 3.44. The van der Waals surface area contributed by atoms with E-state index in [0.29, 0.717) is 0 Å². The fourth-order valence-corrected chi connectivity index (χ4v) is 2.03. The molecule has 2 aliphatic carbocycles. The maximum atomic E-state index is 10.2. The largest absolute Gasteiger partial charge is 0.481 e. The molecule has 0 aromatic rings. The lowest BCUT2D eigenvalue weighted by atomic mass is 9.87. The summed E-state index contributed by atoms with van der Waals surface area (Å²) in [5.41, 5.74) is 0. The lowest BCUT2D eigenvalue weighted by molar-refractivity contribution is -0.141. The molecule has 0 unspecified atom stereocenters. The Balaban J connectivity index is 0.000000151. The van der Waals surface area contributed by atoms with Crippen LogP contribution in [0.25, 0.3) is 0 Å². The smallest absolute Gasteiger partial charge is 0.306 e. The van der Waals surface area contributed by atoms with Crippen LogP contribution in [0.15, 0.2) is 0 Å². The Kier molecular flexibility index (Phi) is 5.09. The molecule has 0 heterocycles. The van der Waals surface area contributed by atoms with Gasteiger partial charge in [0.1, 0.15) is 0 Å². The molecule has 0 spiro atoms. The first-order chi connectivity index (χ1) is 7.11. The van der Waals surface area contributed by atoms with Crippen LogP contribution in [0, 0.1) is 11.8 Å². The Hall–Kier alpha value is -0.570. The number of rotatable bonds is 2. The standard InChI is InChI=1S/C6H10O2.C5H7ClO/c7-6(8)5-3-1-2-4-5;6-5(7)4-2-1-3-4/h5H,1-4H2,(H,7,8);4H,1-3H2. The van der Waals surface area contributed by atoms with Crippen LogP contribution in [0.3, 0.4) is 0 Å². The molecule has 0 bridgehead atoms. The summed E-state index contributed by atoms with van der Waals surface area (Å²) in [6, 6.07) is 0. The van der Waals surface area contributed by atoms with Gasteiger partial charge in [0, 0.05) is 5.92 Å². The minimum atomic E-state index is -0.609. The zero-order valence-corrected chi connectivity index (χ0v) is 9.50. The van der Waals surface area contributed by atoms with Gasteiger partial charge in [-0.05, 0) is 37.3 Å². The van der Waals surface area contributed by atoms with E-state index < -0.39 is 5.97 Å². The molecule has 15 heavy (non-hydrogen) atoms. The lowest BCUT2D eigenvalue weighted by Gasteiger charge is -2.19. The highest BCUT2D eigenvalue weighted by atomic mass is 35.5. The van der Waals surface area contributed by atoms with Gasteiger partial charge < -0.3 is 5.11 Å². The zero-order chi connectivity index (χ0) is 11.3. The molecule has 3 nitrogen and oxygen atoms in total. The van der Waals surface area contributed by atoms with Gasteiger partial charge >= 0.3 is 5.97 Å². The van der Waals surface area contributed by atoms with Crippen LogP contribution >= 0.6 is 11.6 Å². The summed E-state index contributed by atoms with van der Waals surface area (Å²) in [7, 11) is 0. The number of carboxylic acid groups (broad SMARTS) is 1. The lowest BCUT2D eigenvalue weighted by Crippen LogP contribution is -2.16. The molecule has 1 N–H and O–H groups in total. The van der Waals surface area contributed by atoms with Gasteiger partial charge in [0.05, 0.1) is 5.92 Å². The van der Waals surface area contributed by atoms with Gasteiger partial charge in [-0.15, -0.1) is 0 Å². The van der Waals surface area contributed by atoms with Crippen molar-refractivity contribution in [2.45, 2.75) is 44.9 Å². The molecule has 0 aromatic heterocycles. The average molecular weight is 233 g/mol. The number of hydrogen-bond donors (Lipinski definition) is 1. The van der Waals surface area contributed by atoms with Gasteiger partial charge in [0.2, 0.25) is 5.24 Å². The molecule has 0 aliphatic heterocycles. The molecule has 0 amide bonds. The number of aliphatic carboxylic acids is 1. The normalized spacial score (nSPS) is 21.4. The molecule has 2 saturated carbocycles. The maximum absolute atomic E-state index is 10.2. The minimum absolute atomic E-state index is 0.0185. The minimum Gasteiger partial charge on any atom is -0.481 e. The molecule has 2 fully saturated rings. The topological polar surface area (TPSA) is 54.4 Å². The van der Waals surface area contributed by atoms with Crippen LogP contribution in [0.5, 0.6) is 0 Å². The van der Waals surface area contributed by atoms with Gasteiger partial charge in [0.15, 0.2) is 0 Å². The second kappa shape index (κ2) is 6.11. The van der Waals surface area contributed by atoms with E-state index in [9.17, 15) is 9.59 Å². The van der Waals surface area contributed by atoms with Crippen LogP contribution in [-0.2, 0) is 9.59 Å². The van der Waals surface area contributed by atoms with E-state index in [1.165, 1.54) is 6.42 Å². The summed E-state index contributed by atoms with van der Waals surface area (Å²) >= 11 is 5.14. The summed E-state index contributed by atoms with van der Waals surface area (Å²) in [6.07, 6.45) is 7.23. The highest BCUT2D eigenvalue weighted by Crippen LogP contribution is 2.27. The van der Waals surface area contributed by atoms with Crippen LogP contribution in [0.1, 0.15) is 44.9 Å². The summed E-state index contributed by atoms with van der Waals surface area (Å²) < 4.78 is 0. The number of hydrogen-bond acceptors (Lipinski definition) is 2. The summed E-state index contributed by atoms with van der Waals surface area (Å²) in [4.78, 5) is 20.4. The first-order valence-electron chi connectivity index (χ1n) is 5.53. The van der Waals surface area contributed by atoms with E-state index in [4.69, 9.17) is 16.7 Å². The summed E-state index contributed by atoms with van der Waals surface area (Å²) in [5, 5.41) is 8.27. The summed E-state index contributed by atoms with van der Waals surface area (Å²) in [5.74, 6) is -0.417. The van der Waals surface area contributed by atoms with Crippen molar-refractivity contribution < 1.29 is 14.7 Å². The first-order valence-corrected chi connectivity index (χ1v) is 5.91. The zero-order valence-electron chi connectivity index (χ0n) is 8.75. The molecule has 0 atom stereocenters. The molecule has 86 valence electrons. The molecule has 0 aromatic carbocycles. The molecule has 4 heteroatoms. The van der Waals surface area contributed by atoms with Crippen LogP contribution in [0.4, 0.5) is 0 Å². The second-order valence-electron chi connectivity index (χ2n) is 4.25. The third kappa shape index (κ3) is 4.20. The Bertz CT molecular complexity index is 230. The quantitative estimate of drug-likeness (QED) is 0.745. The molecule has 0 saturated heterocycles. The van der Waals surface area contributed by atoms with Crippen molar-refractivity contribution in [1.29, 1.82) is 0 Å². The Labute approximate surface area is 94.8 Å². The van der Waals surface area contributed by atoms with E-state index >= 15 is 0 Å². The number of carboxylic acids is 1. The van der Waals surface area contributed by atoms with E-state index in [1.54, 1.807) is 0 Å². The van der Waals surface area contributed by atoms with Crippen LogP contribution in [0.2, 0.25) is 0 Å². The van der Waals surface area contributed by atoms with Gasteiger partial charge in [-0.1, -0.05) is 19.3 Å². The maximum Gasteiger partial charge on any atom is 0.306 e. The van der Waals surface area contributed by atoms with Crippen LogP contribution in [-0.4, -0.2) is 16.3 Å². The Morgan fingerprint density at radius 2 is 1.40 bits per heavy atom. The number of halogens is 1. The number of carbonyl (C=O) groups excluding carboxylic acids is 1. The predicted molar refractivity (Wildman–Crippen MR) is 57.8 cm³/mol. The van der Waals surface area contributed by atoms with Crippen molar-refractivity contribution >= 4 is 22.8 Å². The van der Waals surface area contributed by atoms with Crippen LogP contribution < -0.4 is 0 Å². The van der Waals surface area contributed by atoms with Gasteiger partial charge in [-0.25, -0.2) is 0 Å². The van der Waals surface area contributed by atoms with Crippen molar-refractivity contribution in [2.75, 3.05) is 0 Å². The monoisotopic (exact) mass is 232 g/mol. The van der Waals surface area contributed by atoms with Crippen molar-refractivity contribution in [3.63, 3.8) is 0 Å². The number of carbonyl (C=O) groups is 2. The highest BCUT2D eigenvalue weighted by Gasteiger charge is 2.22. The molecule has 2 rings (SSSR count). The van der Waals surface area contributed by atoms with Crippen molar-refractivity contribution in [1.82, 2.24) is 0 Å². The third-order valence-electron chi connectivity index (χ3n) is 3.13. The van der Waals surface area contributed by atoms with Gasteiger partial charge in [0.25, 0.3) is 0 Å². The van der Waals surface area contributed by atoms with E-state index in [1.807, 2.05) is 0 Å². The van der Waals surface area contributed by atoms with Crippen molar-refractivity contribution in [3.05, 3.63) is 0 Å². The predicted octanol–water partition coefficient (Wildman–Crippen LogP) is 2.81. The molecular formula is C11H17ClO3. The second-order valence-corrected chi connectivity index (χ2v) is 4.62. The summed E-state index contributed by atoms with van der Waals surface area (Å²) in [6.45, 7) is 0. The first kappa shape index (κ1) is 12.5. The fourth-order valence-electron chi connectivity index (χ4n) is 1.81. The average Bonchev–Trinajstić information content (AvgIpc) is 2.51. The van der Waals surface area contributed by atoms with E-state index in [0.717, 1.165) is 38.5 Å². The van der Waals surface area contributed by atoms with Gasteiger partial charge in [-0.2, -0.15) is 0 Å². The highest BCUT2D eigenvalue weighted by molar-refractivity contribution is 6.64. The molecule has 2 aliphatic rings. The van der Waals surface area contributed by atoms with E-state index in [2.05, 4.69) is 0 Å². The SMILES string of the molecule is O=C(Cl)C1CCC1.O=C(O)C1CCCC1. The van der Waals surface area contributed by atoms with Gasteiger partial charge in [-0.3, -0.25) is 9.59 Å². The molecular weight excluding hydrogens is 216 g/mol. The van der Waals surface area contributed by atoms with Crippen molar-refractivity contribution in [2.24, 2.45) is 11.8 Å².